The van der Waals surface area contributed by atoms with Crippen molar-refractivity contribution in [3.8, 4) is 0 Å². The quantitative estimate of drug-likeness (QED) is 0.894. The first-order chi connectivity index (χ1) is 11.6. The third-order valence-electron chi connectivity index (χ3n) is 4.27. The van der Waals surface area contributed by atoms with Crippen molar-refractivity contribution in [2.75, 3.05) is 12.8 Å². The second kappa shape index (κ2) is 7.70. The van der Waals surface area contributed by atoms with Gasteiger partial charge in [0.25, 0.3) is 5.91 Å². The number of carbonyl (C=O) groups excluding carboxylic acids is 1. The number of aryl methyl sites for hydroxylation is 1. The van der Waals surface area contributed by atoms with Crippen LogP contribution in [0.4, 0.5) is 0 Å². The van der Waals surface area contributed by atoms with Gasteiger partial charge in [0.15, 0.2) is 0 Å². The average molecular weight is 346 g/mol. The van der Waals surface area contributed by atoms with Crippen molar-refractivity contribution >= 4 is 16.7 Å². The molecule has 1 aliphatic heterocycles. The van der Waals surface area contributed by atoms with Gasteiger partial charge in [-0.15, -0.1) is 10.2 Å². The van der Waals surface area contributed by atoms with Crippen LogP contribution in [0.2, 0.25) is 0 Å². The van der Waals surface area contributed by atoms with Gasteiger partial charge in [-0.05, 0) is 37.1 Å². The number of rotatable bonds is 5. The van der Waals surface area contributed by atoms with Gasteiger partial charge in [0, 0.05) is 53.4 Å². The van der Waals surface area contributed by atoms with E-state index in [4.69, 9.17) is 0 Å². The molecule has 24 heavy (non-hydrogen) atoms. The summed E-state index contributed by atoms with van der Waals surface area (Å²) in [6, 6.07) is 6.86. The monoisotopic (exact) mass is 346 g/mol. The van der Waals surface area contributed by atoms with Crippen LogP contribution in [0.15, 0.2) is 29.2 Å². The SMILES string of the molecule is CS(=O)c1ccc(C(=O)NCCc2nnc3n2CCCCC3)cc1. The van der Waals surface area contributed by atoms with Gasteiger partial charge in [-0.25, -0.2) is 0 Å². The minimum atomic E-state index is -1.03. The van der Waals surface area contributed by atoms with E-state index in [9.17, 15) is 9.00 Å². The van der Waals surface area contributed by atoms with Gasteiger partial charge < -0.3 is 9.88 Å². The van der Waals surface area contributed by atoms with Gasteiger partial charge in [0.2, 0.25) is 0 Å². The molecule has 1 aromatic heterocycles. The van der Waals surface area contributed by atoms with E-state index in [0.717, 1.165) is 35.9 Å². The van der Waals surface area contributed by atoms with Gasteiger partial charge in [-0.3, -0.25) is 9.00 Å². The molecule has 1 unspecified atom stereocenters. The highest BCUT2D eigenvalue weighted by atomic mass is 32.2. The molecule has 1 amide bonds. The molecule has 128 valence electrons. The van der Waals surface area contributed by atoms with E-state index in [1.54, 1.807) is 30.5 Å². The van der Waals surface area contributed by atoms with Crippen molar-refractivity contribution in [1.82, 2.24) is 20.1 Å². The first-order valence-electron chi connectivity index (χ1n) is 8.28. The maximum atomic E-state index is 12.2. The summed E-state index contributed by atoms with van der Waals surface area (Å²) < 4.78 is 13.6. The van der Waals surface area contributed by atoms with Crippen molar-refractivity contribution in [3.05, 3.63) is 41.5 Å². The molecule has 6 nitrogen and oxygen atoms in total. The van der Waals surface area contributed by atoms with Crippen molar-refractivity contribution < 1.29 is 9.00 Å². The molecule has 1 N–H and O–H groups in total. The van der Waals surface area contributed by atoms with Gasteiger partial charge in [0.05, 0.1) is 0 Å². The number of hydrogen-bond donors (Lipinski definition) is 1. The second-order valence-corrected chi connectivity index (χ2v) is 7.36. The summed E-state index contributed by atoms with van der Waals surface area (Å²) in [5, 5.41) is 11.5. The van der Waals surface area contributed by atoms with E-state index in [-0.39, 0.29) is 5.91 Å². The highest BCUT2D eigenvalue weighted by molar-refractivity contribution is 7.84. The third kappa shape index (κ3) is 3.90. The molecule has 7 heteroatoms. The lowest BCUT2D eigenvalue weighted by atomic mass is 10.2. The fourth-order valence-electron chi connectivity index (χ4n) is 2.92. The van der Waals surface area contributed by atoms with Crippen molar-refractivity contribution in [3.63, 3.8) is 0 Å². The van der Waals surface area contributed by atoms with Crippen LogP contribution in [-0.4, -0.2) is 37.7 Å². The predicted molar refractivity (Wildman–Crippen MR) is 92.4 cm³/mol. The maximum Gasteiger partial charge on any atom is 0.251 e. The Bertz CT molecular complexity index is 740. The minimum absolute atomic E-state index is 0.126. The summed E-state index contributed by atoms with van der Waals surface area (Å²) in [4.78, 5) is 12.9. The Balaban J connectivity index is 1.55. The Kier molecular flexibility index (Phi) is 5.40. The molecule has 3 rings (SSSR count). The van der Waals surface area contributed by atoms with Crippen LogP contribution >= 0.6 is 0 Å². The van der Waals surface area contributed by atoms with Crippen LogP contribution in [0.25, 0.3) is 0 Å². The Morgan fingerprint density at radius 2 is 2.00 bits per heavy atom. The Labute approximate surface area is 144 Å². The predicted octanol–water partition coefficient (Wildman–Crippen LogP) is 1.71. The summed E-state index contributed by atoms with van der Waals surface area (Å²) in [6.07, 6.45) is 6.86. The Morgan fingerprint density at radius 1 is 1.21 bits per heavy atom. The molecule has 1 aromatic carbocycles. The van der Waals surface area contributed by atoms with E-state index in [0.29, 0.717) is 18.5 Å². The number of hydrogen-bond acceptors (Lipinski definition) is 4. The number of benzene rings is 1. The fraction of sp³-hybridized carbons (Fsp3) is 0.471. The Morgan fingerprint density at radius 3 is 2.75 bits per heavy atom. The summed E-state index contributed by atoms with van der Waals surface area (Å²) >= 11 is 0. The van der Waals surface area contributed by atoms with Crippen LogP contribution in [0, 0.1) is 0 Å². The summed E-state index contributed by atoms with van der Waals surface area (Å²) in [6.45, 7) is 1.50. The molecule has 0 spiro atoms. The van der Waals surface area contributed by atoms with Gasteiger partial charge in [0.1, 0.15) is 11.6 Å². The zero-order valence-corrected chi connectivity index (χ0v) is 14.6. The second-order valence-electron chi connectivity index (χ2n) is 5.98. The molecule has 2 aromatic rings. The summed E-state index contributed by atoms with van der Waals surface area (Å²) in [5.41, 5.74) is 0.573. The molecule has 0 saturated carbocycles. The maximum absolute atomic E-state index is 12.2. The zero-order chi connectivity index (χ0) is 16.9. The van der Waals surface area contributed by atoms with E-state index in [1.807, 2.05) is 0 Å². The third-order valence-corrected chi connectivity index (χ3v) is 5.20. The number of fused-ring (bicyclic) bond motifs is 1. The lowest BCUT2D eigenvalue weighted by Gasteiger charge is -2.08. The molecule has 0 saturated heterocycles. The van der Waals surface area contributed by atoms with Crippen molar-refractivity contribution in [2.24, 2.45) is 0 Å². The van der Waals surface area contributed by atoms with Crippen LogP contribution in [-0.2, 0) is 30.2 Å². The number of carbonyl (C=O) groups is 1. The molecule has 1 atom stereocenters. The first-order valence-corrected chi connectivity index (χ1v) is 9.83. The molecular formula is C17H22N4O2S. The van der Waals surface area contributed by atoms with Crippen LogP contribution < -0.4 is 5.32 Å². The Hall–Kier alpha value is -2.02. The smallest absolute Gasteiger partial charge is 0.251 e. The van der Waals surface area contributed by atoms with E-state index in [1.165, 1.54) is 12.8 Å². The normalized spacial score (nSPS) is 15.4. The molecule has 1 aliphatic rings. The molecule has 0 aliphatic carbocycles. The number of amides is 1. The lowest BCUT2D eigenvalue weighted by Crippen LogP contribution is -2.26. The molecule has 0 bridgehead atoms. The van der Waals surface area contributed by atoms with E-state index < -0.39 is 10.8 Å². The minimum Gasteiger partial charge on any atom is -0.352 e. The van der Waals surface area contributed by atoms with E-state index >= 15 is 0 Å². The highest BCUT2D eigenvalue weighted by Gasteiger charge is 2.14. The topological polar surface area (TPSA) is 76.9 Å². The standard InChI is InChI=1S/C17H22N4O2S/c1-24(23)14-8-6-13(7-9-14)17(22)18-11-10-16-20-19-15-5-3-2-4-12-21(15)16/h6-9H,2-5,10-12H2,1H3,(H,18,22). The average Bonchev–Trinajstić information content (AvgIpc) is 2.81. The highest BCUT2D eigenvalue weighted by Crippen LogP contribution is 2.14. The fourth-order valence-corrected chi connectivity index (χ4v) is 3.44. The van der Waals surface area contributed by atoms with Gasteiger partial charge in [-0.1, -0.05) is 6.42 Å². The van der Waals surface area contributed by atoms with E-state index in [2.05, 4.69) is 20.1 Å². The molecule has 2 heterocycles. The number of nitrogens with one attached hydrogen (secondary N) is 1. The van der Waals surface area contributed by atoms with Gasteiger partial charge >= 0.3 is 0 Å². The number of aromatic nitrogens is 3. The first kappa shape index (κ1) is 16.8. The molecule has 0 radical (unpaired) electrons. The van der Waals surface area contributed by atoms with Crippen LogP contribution in [0.5, 0.6) is 0 Å². The molecule has 0 fully saturated rings. The largest absolute Gasteiger partial charge is 0.352 e. The lowest BCUT2D eigenvalue weighted by molar-refractivity contribution is 0.0954. The number of nitrogens with zero attached hydrogens (tertiary/aromatic N) is 3. The zero-order valence-electron chi connectivity index (χ0n) is 13.8. The molecular weight excluding hydrogens is 324 g/mol. The summed E-state index contributed by atoms with van der Waals surface area (Å²) in [5.74, 6) is 1.89. The van der Waals surface area contributed by atoms with Gasteiger partial charge in [-0.2, -0.15) is 0 Å². The summed E-state index contributed by atoms with van der Waals surface area (Å²) in [7, 11) is -1.03. The van der Waals surface area contributed by atoms with Crippen LogP contribution in [0.1, 0.15) is 41.3 Å². The van der Waals surface area contributed by atoms with Crippen molar-refractivity contribution in [1.29, 1.82) is 0 Å². The van der Waals surface area contributed by atoms with Crippen LogP contribution in [0.3, 0.4) is 0 Å². The van der Waals surface area contributed by atoms with Crippen molar-refractivity contribution in [2.45, 2.75) is 43.5 Å².